The van der Waals surface area contributed by atoms with Crippen LogP contribution < -0.4 is 5.32 Å². The Bertz CT molecular complexity index is 676. The summed E-state index contributed by atoms with van der Waals surface area (Å²) in [5.41, 5.74) is 1.39. The van der Waals surface area contributed by atoms with Crippen LogP contribution in [0.25, 0.3) is 0 Å². The molecule has 1 atom stereocenters. The van der Waals surface area contributed by atoms with Crippen molar-refractivity contribution in [2.24, 2.45) is 10.9 Å². The molecule has 1 heterocycles. The van der Waals surface area contributed by atoms with Crippen LogP contribution in [0.15, 0.2) is 35.3 Å². The lowest BCUT2D eigenvalue weighted by Gasteiger charge is -2.22. The van der Waals surface area contributed by atoms with Gasteiger partial charge in [-0.3, -0.25) is 4.99 Å². The third-order valence-corrected chi connectivity index (χ3v) is 6.80. The monoisotopic (exact) mass is 380 g/mol. The van der Waals surface area contributed by atoms with Crippen molar-refractivity contribution in [1.29, 1.82) is 0 Å². The van der Waals surface area contributed by atoms with E-state index >= 15 is 0 Å². The van der Waals surface area contributed by atoms with Crippen molar-refractivity contribution in [2.45, 2.75) is 26.2 Å². The SMILES string of the molecule is CCS(=O)(=O)N(C)CCCNC(=NC)N1CCC(Cc2ccccc2)C1. The predicted octanol–water partition coefficient (Wildman–Crippen LogP) is 1.80. The molecule has 0 saturated carbocycles. The van der Waals surface area contributed by atoms with E-state index in [1.54, 1.807) is 21.0 Å². The van der Waals surface area contributed by atoms with Gasteiger partial charge < -0.3 is 10.2 Å². The van der Waals surface area contributed by atoms with E-state index in [-0.39, 0.29) is 5.75 Å². The third-order valence-electron chi connectivity index (χ3n) is 4.94. The van der Waals surface area contributed by atoms with Gasteiger partial charge >= 0.3 is 0 Å². The summed E-state index contributed by atoms with van der Waals surface area (Å²) in [5.74, 6) is 1.72. The molecule has 1 aromatic carbocycles. The highest BCUT2D eigenvalue weighted by molar-refractivity contribution is 7.89. The molecule has 0 aromatic heterocycles. The van der Waals surface area contributed by atoms with Crippen molar-refractivity contribution in [1.82, 2.24) is 14.5 Å². The molecule has 1 aliphatic rings. The fraction of sp³-hybridized carbons (Fsp3) is 0.632. The average molecular weight is 381 g/mol. The molecule has 26 heavy (non-hydrogen) atoms. The number of hydrogen-bond donors (Lipinski definition) is 1. The smallest absolute Gasteiger partial charge is 0.213 e. The van der Waals surface area contributed by atoms with Crippen molar-refractivity contribution in [2.75, 3.05) is 46.0 Å². The number of guanidine groups is 1. The highest BCUT2D eigenvalue weighted by Gasteiger charge is 2.24. The van der Waals surface area contributed by atoms with Gasteiger partial charge in [-0.25, -0.2) is 12.7 Å². The Hall–Kier alpha value is -1.60. The molecule has 0 bridgehead atoms. The van der Waals surface area contributed by atoms with Gasteiger partial charge in [0.2, 0.25) is 10.0 Å². The van der Waals surface area contributed by atoms with Gasteiger partial charge in [0.15, 0.2) is 5.96 Å². The molecule has 0 spiro atoms. The Balaban J connectivity index is 1.74. The Labute approximate surface area is 158 Å². The molecule has 6 nitrogen and oxygen atoms in total. The second-order valence-electron chi connectivity index (χ2n) is 6.84. The molecule has 1 saturated heterocycles. The van der Waals surface area contributed by atoms with Crippen LogP contribution in [-0.4, -0.2) is 69.6 Å². The summed E-state index contributed by atoms with van der Waals surface area (Å²) >= 11 is 0. The van der Waals surface area contributed by atoms with Crippen LogP contribution in [0.1, 0.15) is 25.3 Å². The number of hydrogen-bond acceptors (Lipinski definition) is 3. The molecular weight excluding hydrogens is 348 g/mol. The second kappa shape index (κ2) is 9.92. The summed E-state index contributed by atoms with van der Waals surface area (Å²) < 4.78 is 24.9. The Morgan fingerprint density at radius 3 is 2.73 bits per heavy atom. The zero-order valence-electron chi connectivity index (χ0n) is 16.2. The van der Waals surface area contributed by atoms with Crippen LogP contribution >= 0.6 is 0 Å². The van der Waals surface area contributed by atoms with E-state index in [0.29, 0.717) is 12.5 Å². The topological polar surface area (TPSA) is 65.0 Å². The Morgan fingerprint density at radius 2 is 2.08 bits per heavy atom. The molecule has 0 aliphatic carbocycles. The fourth-order valence-corrected chi connectivity index (χ4v) is 4.18. The third kappa shape index (κ3) is 5.99. The van der Waals surface area contributed by atoms with Crippen molar-refractivity contribution >= 4 is 16.0 Å². The summed E-state index contributed by atoms with van der Waals surface area (Å²) in [5, 5.41) is 3.38. The van der Waals surface area contributed by atoms with E-state index in [4.69, 9.17) is 0 Å². The first-order chi connectivity index (χ1) is 12.5. The lowest BCUT2D eigenvalue weighted by Crippen LogP contribution is -2.41. The van der Waals surface area contributed by atoms with E-state index in [1.807, 2.05) is 0 Å². The highest BCUT2D eigenvalue weighted by Crippen LogP contribution is 2.20. The van der Waals surface area contributed by atoms with Crippen LogP contribution in [0.5, 0.6) is 0 Å². The number of nitrogens with one attached hydrogen (secondary N) is 1. The fourth-order valence-electron chi connectivity index (χ4n) is 3.33. The van der Waals surface area contributed by atoms with Gasteiger partial charge in [0, 0.05) is 40.3 Å². The van der Waals surface area contributed by atoms with E-state index in [0.717, 1.165) is 38.4 Å². The van der Waals surface area contributed by atoms with Gasteiger partial charge in [-0.15, -0.1) is 0 Å². The van der Waals surface area contributed by atoms with Crippen molar-refractivity contribution in [3.05, 3.63) is 35.9 Å². The van der Waals surface area contributed by atoms with E-state index in [2.05, 4.69) is 45.5 Å². The predicted molar refractivity (Wildman–Crippen MR) is 108 cm³/mol. The largest absolute Gasteiger partial charge is 0.356 e. The molecule has 2 rings (SSSR count). The lowest BCUT2D eigenvalue weighted by molar-refractivity contribution is 0.445. The van der Waals surface area contributed by atoms with Crippen molar-refractivity contribution < 1.29 is 8.42 Å². The summed E-state index contributed by atoms with van der Waals surface area (Å²) in [6.07, 6.45) is 3.04. The van der Waals surface area contributed by atoms with Crippen molar-refractivity contribution in [3.63, 3.8) is 0 Å². The molecular formula is C19H32N4O2S. The lowest BCUT2D eigenvalue weighted by atomic mass is 9.99. The Morgan fingerprint density at radius 1 is 1.35 bits per heavy atom. The van der Waals surface area contributed by atoms with Gasteiger partial charge in [0.1, 0.15) is 0 Å². The van der Waals surface area contributed by atoms with Crippen LogP contribution in [0.3, 0.4) is 0 Å². The van der Waals surface area contributed by atoms with Crippen LogP contribution in [0.4, 0.5) is 0 Å². The summed E-state index contributed by atoms with van der Waals surface area (Å²) in [7, 11) is 0.355. The number of likely N-dealkylation sites (tertiary alicyclic amines) is 1. The normalized spacial score (nSPS) is 18.5. The minimum atomic E-state index is -3.09. The van der Waals surface area contributed by atoms with Gasteiger partial charge in [-0.1, -0.05) is 30.3 Å². The van der Waals surface area contributed by atoms with E-state index in [9.17, 15) is 8.42 Å². The number of benzene rings is 1. The first kappa shape index (κ1) is 20.7. The van der Waals surface area contributed by atoms with E-state index in [1.165, 1.54) is 16.3 Å². The maximum absolute atomic E-state index is 11.8. The van der Waals surface area contributed by atoms with Gasteiger partial charge in [0.25, 0.3) is 0 Å². The molecule has 1 aromatic rings. The minimum absolute atomic E-state index is 0.148. The van der Waals surface area contributed by atoms with Gasteiger partial charge in [-0.2, -0.15) is 0 Å². The zero-order chi connectivity index (χ0) is 19.0. The Kier molecular flexibility index (Phi) is 7.90. The molecule has 1 N–H and O–H groups in total. The molecule has 1 unspecified atom stereocenters. The standard InChI is InChI=1S/C19H32N4O2S/c1-4-26(24,25)22(3)13-8-12-21-19(20-2)23-14-11-18(16-23)15-17-9-6-5-7-10-17/h5-7,9-10,18H,4,8,11-16H2,1-3H3,(H,20,21). The van der Waals surface area contributed by atoms with Crippen molar-refractivity contribution in [3.8, 4) is 0 Å². The second-order valence-corrected chi connectivity index (χ2v) is 9.20. The first-order valence-corrected chi connectivity index (χ1v) is 11.0. The zero-order valence-corrected chi connectivity index (χ0v) is 17.0. The highest BCUT2D eigenvalue weighted by atomic mass is 32.2. The van der Waals surface area contributed by atoms with Gasteiger partial charge in [0.05, 0.1) is 5.75 Å². The van der Waals surface area contributed by atoms with E-state index < -0.39 is 10.0 Å². The molecule has 146 valence electrons. The quantitative estimate of drug-likeness (QED) is 0.424. The maximum atomic E-state index is 11.8. The summed E-state index contributed by atoms with van der Waals surface area (Å²) in [4.78, 5) is 6.70. The minimum Gasteiger partial charge on any atom is -0.356 e. The summed E-state index contributed by atoms with van der Waals surface area (Å²) in [6, 6.07) is 10.6. The van der Waals surface area contributed by atoms with Gasteiger partial charge in [-0.05, 0) is 37.7 Å². The molecule has 0 radical (unpaired) electrons. The molecule has 7 heteroatoms. The summed E-state index contributed by atoms with van der Waals surface area (Å²) in [6.45, 7) is 4.94. The maximum Gasteiger partial charge on any atom is 0.213 e. The molecule has 1 fully saturated rings. The van der Waals surface area contributed by atoms with Crippen LogP contribution in [0.2, 0.25) is 0 Å². The number of nitrogens with zero attached hydrogens (tertiary/aromatic N) is 3. The number of rotatable bonds is 8. The first-order valence-electron chi connectivity index (χ1n) is 9.39. The van der Waals surface area contributed by atoms with Crippen LogP contribution in [0, 0.1) is 5.92 Å². The molecule has 1 aliphatic heterocycles. The van der Waals surface area contributed by atoms with Crippen LogP contribution in [-0.2, 0) is 16.4 Å². The average Bonchev–Trinajstić information content (AvgIpc) is 3.10. The molecule has 0 amide bonds. The number of aliphatic imine (C=N–C) groups is 1. The number of sulfonamides is 1.